The molecule has 0 atom stereocenters. The van der Waals surface area contributed by atoms with Crippen molar-refractivity contribution < 1.29 is 24.3 Å². The van der Waals surface area contributed by atoms with E-state index in [1.54, 1.807) is 5.48 Å². The normalized spacial score (nSPS) is 8.45. The molecule has 62 valence electrons. The fourth-order valence-corrected chi connectivity index (χ4v) is 0.449. The van der Waals surface area contributed by atoms with E-state index in [0.29, 0.717) is 0 Å². The van der Waals surface area contributed by atoms with Crippen molar-refractivity contribution in [3.63, 3.8) is 0 Å². The fraction of sp³-hybridized carbons (Fsp3) is 0. The number of carbonyl (C=O) groups is 3. The summed E-state index contributed by atoms with van der Waals surface area (Å²) in [5.41, 5.74) is 1.54. The Morgan fingerprint density at radius 2 is 2.00 bits per heavy atom. The molecule has 0 bridgehead atoms. The average molecular weight is 197 g/mol. The lowest BCUT2D eigenvalue weighted by molar-refractivity contribution is 0.132. The zero-order valence-corrected chi connectivity index (χ0v) is 6.65. The minimum absolute atomic E-state index is 0.0967. The molecule has 0 aromatic heterocycles. The van der Waals surface area contributed by atoms with E-state index >= 15 is 0 Å². The molecule has 0 rings (SSSR count). The predicted molar refractivity (Wildman–Crippen MR) is 39.6 cm³/mol. The summed E-state index contributed by atoms with van der Waals surface area (Å²) in [7, 11) is 0. The molecular weight excluding hydrogens is 194 g/mol. The van der Waals surface area contributed by atoms with E-state index in [1.807, 2.05) is 0 Å². The third-order valence-corrected chi connectivity index (χ3v) is 0.908. The molecule has 6 nitrogen and oxygen atoms in total. The van der Waals surface area contributed by atoms with Crippen LogP contribution >= 0.6 is 24.4 Å². The van der Waals surface area contributed by atoms with Gasteiger partial charge in [-0.1, -0.05) is 12.6 Å². The van der Waals surface area contributed by atoms with Crippen molar-refractivity contribution in [3.8, 4) is 0 Å². The lowest BCUT2D eigenvalue weighted by Gasteiger charge is -1.97. The summed E-state index contributed by atoms with van der Waals surface area (Å²) in [5.74, 6) is 0. The first-order valence-corrected chi connectivity index (χ1v) is 3.39. The molecule has 0 aliphatic rings. The van der Waals surface area contributed by atoms with Crippen LogP contribution < -0.4 is 5.48 Å². The van der Waals surface area contributed by atoms with Crippen LogP contribution in [0.5, 0.6) is 0 Å². The van der Waals surface area contributed by atoms with Gasteiger partial charge in [-0.05, 0) is 0 Å². The molecule has 0 heterocycles. The van der Waals surface area contributed by atoms with Gasteiger partial charge >= 0.3 is 15.8 Å². The van der Waals surface area contributed by atoms with Crippen LogP contribution in [0.15, 0.2) is 0 Å². The Balaban J connectivity index is 3.53. The van der Waals surface area contributed by atoms with Crippen LogP contribution in [0.4, 0.5) is 14.4 Å². The van der Waals surface area contributed by atoms with Gasteiger partial charge in [0.1, 0.15) is 0 Å². The maximum atomic E-state index is 10.3. The molecular formula is C3H3NO5S2. The van der Waals surface area contributed by atoms with E-state index in [2.05, 4.69) is 17.5 Å². The fourth-order valence-electron chi connectivity index (χ4n) is 0.177. The first-order chi connectivity index (χ1) is 5.02. The third kappa shape index (κ3) is 7.00. The molecule has 0 aliphatic carbocycles. The van der Waals surface area contributed by atoms with Gasteiger partial charge in [0, 0.05) is 0 Å². The van der Waals surface area contributed by atoms with Crippen molar-refractivity contribution in [2.24, 2.45) is 0 Å². The molecule has 0 spiro atoms. The van der Waals surface area contributed by atoms with Gasteiger partial charge in [0.05, 0.1) is 11.8 Å². The molecule has 0 saturated carbocycles. The highest BCUT2D eigenvalue weighted by Crippen LogP contribution is 2.03. The van der Waals surface area contributed by atoms with E-state index in [-0.39, 0.29) is 11.8 Å². The summed E-state index contributed by atoms with van der Waals surface area (Å²) in [4.78, 5) is 33.9. The number of carbonyl (C=O) groups excluding carboxylic acids is 2. The molecule has 8 heteroatoms. The van der Waals surface area contributed by atoms with E-state index in [4.69, 9.17) is 5.11 Å². The maximum absolute atomic E-state index is 10.3. The van der Waals surface area contributed by atoms with E-state index < -0.39 is 15.8 Å². The number of hydrogen-bond acceptors (Lipinski definition) is 5. The van der Waals surface area contributed by atoms with Crippen LogP contribution in [0.2, 0.25) is 0 Å². The molecule has 0 unspecified atom stereocenters. The Morgan fingerprint density at radius 1 is 1.45 bits per heavy atom. The van der Waals surface area contributed by atoms with Gasteiger partial charge in [0.25, 0.3) is 0 Å². The second kappa shape index (κ2) is 4.85. The molecule has 0 fully saturated rings. The summed E-state index contributed by atoms with van der Waals surface area (Å²) in [6.45, 7) is 0. The SMILES string of the molecule is O=C(S)NOC(=O)SC(=O)O. The van der Waals surface area contributed by atoms with Crippen LogP contribution in [0, 0.1) is 0 Å². The quantitative estimate of drug-likeness (QED) is 0.397. The summed E-state index contributed by atoms with van der Waals surface area (Å²) in [5, 5.41) is 4.54. The summed E-state index contributed by atoms with van der Waals surface area (Å²) < 4.78 is 0. The van der Waals surface area contributed by atoms with Crippen molar-refractivity contribution in [2.75, 3.05) is 0 Å². The van der Waals surface area contributed by atoms with E-state index in [9.17, 15) is 14.4 Å². The number of carboxylic acid groups (broad SMARTS) is 1. The third-order valence-electron chi connectivity index (χ3n) is 0.392. The monoisotopic (exact) mass is 197 g/mol. The zero-order valence-electron chi connectivity index (χ0n) is 4.94. The molecule has 2 N–H and O–H groups in total. The number of nitrogens with one attached hydrogen (secondary N) is 1. The number of thioether (sulfide) groups is 1. The summed E-state index contributed by atoms with van der Waals surface area (Å²) in [6, 6.07) is 0. The smallest absolute Gasteiger partial charge is 0.402 e. The standard InChI is InChI=1S/C3H3NO5S2/c5-1(10)4-9-3(8)11-2(6)7/h(H,6,7)(H2,4,5,10). The van der Waals surface area contributed by atoms with Gasteiger partial charge in [0.2, 0.25) is 0 Å². The Hall–Kier alpha value is -0.890. The van der Waals surface area contributed by atoms with Gasteiger partial charge in [-0.3, -0.25) is 4.79 Å². The average Bonchev–Trinajstić information content (AvgIpc) is 1.82. The van der Waals surface area contributed by atoms with Crippen molar-refractivity contribution in [1.29, 1.82) is 0 Å². The Labute approximate surface area is 70.6 Å². The highest BCUT2D eigenvalue weighted by molar-refractivity contribution is 8.25. The van der Waals surface area contributed by atoms with Crippen LogP contribution in [0.1, 0.15) is 0 Å². The van der Waals surface area contributed by atoms with E-state index in [1.165, 1.54) is 0 Å². The second-order valence-electron chi connectivity index (χ2n) is 1.13. The number of hydroxylamine groups is 1. The molecule has 11 heavy (non-hydrogen) atoms. The molecule has 0 aliphatic heterocycles. The molecule has 0 saturated heterocycles. The largest absolute Gasteiger partial charge is 0.473 e. The Kier molecular flexibility index (Phi) is 4.46. The number of rotatable bonds is 0. The Morgan fingerprint density at radius 3 is 2.36 bits per heavy atom. The van der Waals surface area contributed by atoms with Gasteiger partial charge < -0.3 is 9.94 Å². The van der Waals surface area contributed by atoms with Gasteiger partial charge in [0.15, 0.2) is 0 Å². The van der Waals surface area contributed by atoms with Gasteiger partial charge in [-0.25, -0.2) is 9.59 Å². The predicted octanol–water partition coefficient (Wildman–Crippen LogP) is 1.09. The second-order valence-corrected chi connectivity index (χ2v) is 2.42. The van der Waals surface area contributed by atoms with Crippen LogP contribution in [0.3, 0.4) is 0 Å². The van der Waals surface area contributed by atoms with Crippen molar-refractivity contribution in [2.45, 2.75) is 0 Å². The van der Waals surface area contributed by atoms with Gasteiger partial charge in [-0.15, -0.1) is 0 Å². The molecule has 0 radical (unpaired) electrons. The highest BCUT2D eigenvalue weighted by Gasteiger charge is 2.10. The highest BCUT2D eigenvalue weighted by atomic mass is 32.2. The topological polar surface area (TPSA) is 92.7 Å². The van der Waals surface area contributed by atoms with Crippen LogP contribution in [-0.4, -0.2) is 20.9 Å². The Bertz CT molecular complexity index is 192. The molecule has 0 aromatic rings. The number of hydrogen-bond donors (Lipinski definition) is 3. The van der Waals surface area contributed by atoms with Crippen LogP contribution in [0.25, 0.3) is 0 Å². The first-order valence-electron chi connectivity index (χ1n) is 2.13. The first kappa shape index (κ1) is 10.1. The summed E-state index contributed by atoms with van der Waals surface area (Å²) in [6.07, 6.45) is 0. The molecule has 1 amide bonds. The van der Waals surface area contributed by atoms with E-state index in [0.717, 1.165) is 0 Å². The maximum Gasteiger partial charge on any atom is 0.402 e. The minimum atomic E-state index is -1.41. The van der Waals surface area contributed by atoms with Gasteiger partial charge in [-0.2, -0.15) is 5.48 Å². The van der Waals surface area contributed by atoms with Crippen molar-refractivity contribution in [1.82, 2.24) is 5.48 Å². The minimum Gasteiger partial charge on any atom is -0.473 e. The zero-order chi connectivity index (χ0) is 8.85. The van der Waals surface area contributed by atoms with Crippen molar-refractivity contribution >= 4 is 40.2 Å². The molecule has 0 aromatic carbocycles. The number of thiol groups is 1. The lowest BCUT2D eigenvalue weighted by Crippen LogP contribution is -2.19. The lowest BCUT2D eigenvalue weighted by atomic mass is 11.4. The summed E-state index contributed by atoms with van der Waals surface area (Å²) >= 11 is 3.08. The number of amides is 1. The van der Waals surface area contributed by atoms with Crippen LogP contribution in [-0.2, 0) is 4.84 Å². The van der Waals surface area contributed by atoms with Crippen molar-refractivity contribution in [3.05, 3.63) is 0 Å².